The Hall–Kier alpha value is -4.55. The van der Waals surface area contributed by atoms with Crippen LogP contribution in [0.3, 0.4) is 0 Å². The number of aliphatic hydroxyl groups is 1. The zero-order valence-electron chi connectivity index (χ0n) is 37.3. The van der Waals surface area contributed by atoms with Crippen molar-refractivity contribution in [3.8, 4) is 11.5 Å². The molecule has 4 aromatic carbocycles. The van der Waals surface area contributed by atoms with Crippen molar-refractivity contribution >= 4 is 41.8 Å². The number of hydrogen-bond acceptors (Lipinski definition) is 14. The number of benzene rings is 4. The van der Waals surface area contributed by atoms with E-state index in [1.807, 2.05) is 91.8 Å². The molecule has 0 fully saturated rings. The van der Waals surface area contributed by atoms with Crippen LogP contribution in [0.1, 0.15) is 63.8 Å². The van der Waals surface area contributed by atoms with Crippen LogP contribution in [0.2, 0.25) is 0 Å². The molecule has 0 saturated heterocycles. The number of hydrogen-bond donors (Lipinski definition) is 1. The average molecular weight is 938 g/mol. The molecular formula is C46H61ClO14S2. The SMILES string of the molecule is CC(C)(C)OC(=O)Cc1ccc(OCCOCCO)cc1.Cc1ccc(S(=O)(=O)Cl)cc1.Cc1ccc(S(=O)(=O)OCCOCCOc2ccc(CC(=O)OC(C)(C)C)cc2)cc1. The van der Waals surface area contributed by atoms with E-state index in [1.165, 1.54) is 24.3 Å². The molecule has 0 amide bonds. The van der Waals surface area contributed by atoms with Crippen LogP contribution in [0.15, 0.2) is 107 Å². The van der Waals surface area contributed by atoms with E-state index in [0.29, 0.717) is 32.2 Å². The van der Waals surface area contributed by atoms with Gasteiger partial charge in [-0.25, -0.2) is 8.42 Å². The molecule has 0 atom stereocenters. The number of aryl methyl sites for hydroxylation is 2. The van der Waals surface area contributed by atoms with Gasteiger partial charge in [-0.15, -0.1) is 0 Å². The minimum atomic E-state index is -3.78. The van der Waals surface area contributed by atoms with Crippen molar-refractivity contribution < 1.29 is 64.1 Å². The van der Waals surface area contributed by atoms with Gasteiger partial charge in [0.25, 0.3) is 19.2 Å². The van der Waals surface area contributed by atoms with E-state index in [9.17, 15) is 26.4 Å². The molecule has 0 heterocycles. The molecule has 17 heteroatoms. The molecule has 0 aliphatic rings. The van der Waals surface area contributed by atoms with Crippen molar-refractivity contribution in [1.29, 1.82) is 0 Å². The third-order valence-electron chi connectivity index (χ3n) is 7.69. The molecule has 63 heavy (non-hydrogen) atoms. The zero-order chi connectivity index (χ0) is 47.1. The Labute approximate surface area is 377 Å². The lowest BCUT2D eigenvalue weighted by atomic mass is 10.1. The van der Waals surface area contributed by atoms with Gasteiger partial charge in [0.05, 0.1) is 62.3 Å². The van der Waals surface area contributed by atoms with Crippen molar-refractivity contribution in [2.45, 2.75) is 89.2 Å². The Bertz CT molecular complexity index is 2160. The van der Waals surface area contributed by atoms with E-state index in [0.717, 1.165) is 28.0 Å². The number of carbonyl (C=O) groups excluding carboxylic acids is 2. The molecule has 0 aliphatic heterocycles. The zero-order valence-corrected chi connectivity index (χ0v) is 39.6. The number of ether oxygens (including phenoxy) is 6. The lowest BCUT2D eigenvalue weighted by Crippen LogP contribution is -2.24. The summed E-state index contributed by atoms with van der Waals surface area (Å²) in [6.45, 7) is 16.6. The van der Waals surface area contributed by atoms with Crippen LogP contribution < -0.4 is 9.47 Å². The summed E-state index contributed by atoms with van der Waals surface area (Å²) in [5.74, 6) is 0.847. The van der Waals surface area contributed by atoms with Gasteiger partial charge in [0.1, 0.15) is 35.9 Å². The van der Waals surface area contributed by atoms with Crippen LogP contribution in [0.25, 0.3) is 0 Å². The van der Waals surface area contributed by atoms with Gasteiger partial charge in [0.15, 0.2) is 0 Å². The normalized spacial score (nSPS) is 11.6. The van der Waals surface area contributed by atoms with Crippen LogP contribution in [-0.2, 0) is 64.7 Å². The van der Waals surface area contributed by atoms with Gasteiger partial charge in [0, 0.05) is 10.7 Å². The van der Waals surface area contributed by atoms with Crippen molar-refractivity contribution in [1.82, 2.24) is 0 Å². The lowest BCUT2D eigenvalue weighted by molar-refractivity contribution is -0.155. The van der Waals surface area contributed by atoms with Gasteiger partial charge in [-0.2, -0.15) is 8.42 Å². The van der Waals surface area contributed by atoms with Gasteiger partial charge >= 0.3 is 11.9 Å². The van der Waals surface area contributed by atoms with Crippen LogP contribution in [0, 0.1) is 13.8 Å². The third-order valence-corrected chi connectivity index (χ3v) is 10.4. The average Bonchev–Trinajstić information content (AvgIpc) is 3.18. The fourth-order valence-electron chi connectivity index (χ4n) is 4.88. The molecule has 348 valence electrons. The molecule has 0 unspecified atom stereocenters. The minimum Gasteiger partial charge on any atom is -0.491 e. The molecule has 4 aromatic rings. The van der Waals surface area contributed by atoms with E-state index in [4.69, 9.17) is 48.4 Å². The molecule has 0 bridgehead atoms. The van der Waals surface area contributed by atoms with Crippen molar-refractivity contribution in [2.75, 3.05) is 52.9 Å². The highest BCUT2D eigenvalue weighted by atomic mass is 35.7. The summed E-state index contributed by atoms with van der Waals surface area (Å²) >= 11 is 0. The molecule has 0 radical (unpaired) electrons. The molecule has 14 nitrogen and oxygen atoms in total. The molecule has 4 rings (SSSR count). The van der Waals surface area contributed by atoms with Crippen molar-refractivity contribution in [2.24, 2.45) is 0 Å². The Kier molecular flexibility index (Phi) is 23.3. The lowest BCUT2D eigenvalue weighted by Gasteiger charge is -2.19. The number of aliphatic hydroxyl groups excluding tert-OH is 1. The number of carbonyl (C=O) groups is 2. The summed E-state index contributed by atoms with van der Waals surface area (Å²) in [5.41, 5.74) is 2.73. The van der Waals surface area contributed by atoms with Gasteiger partial charge in [-0.3, -0.25) is 13.8 Å². The highest BCUT2D eigenvalue weighted by Crippen LogP contribution is 2.18. The Morgan fingerprint density at radius 1 is 0.524 bits per heavy atom. The van der Waals surface area contributed by atoms with Gasteiger partial charge in [0.2, 0.25) is 0 Å². The largest absolute Gasteiger partial charge is 0.491 e. The summed E-state index contributed by atoms with van der Waals surface area (Å²) in [7, 11) is -2.24. The quantitative estimate of drug-likeness (QED) is 0.0396. The first-order valence-corrected chi connectivity index (χ1v) is 23.8. The van der Waals surface area contributed by atoms with Gasteiger partial charge in [-0.05, 0) is 115 Å². The van der Waals surface area contributed by atoms with Crippen molar-refractivity contribution in [3.63, 3.8) is 0 Å². The molecule has 0 spiro atoms. The van der Waals surface area contributed by atoms with E-state index in [1.54, 1.807) is 36.4 Å². The Morgan fingerprint density at radius 2 is 0.889 bits per heavy atom. The van der Waals surface area contributed by atoms with E-state index in [2.05, 4.69) is 0 Å². The molecule has 1 N–H and O–H groups in total. The second-order valence-corrected chi connectivity index (χ2v) is 20.0. The fraction of sp³-hybridized carbons (Fsp3) is 0.435. The first-order chi connectivity index (χ1) is 29.5. The maximum atomic E-state index is 12.0. The number of rotatable bonds is 20. The maximum absolute atomic E-state index is 12.0. The first-order valence-electron chi connectivity index (χ1n) is 20.1. The maximum Gasteiger partial charge on any atom is 0.310 e. The molecule has 0 saturated carbocycles. The Morgan fingerprint density at radius 3 is 1.25 bits per heavy atom. The Balaban J connectivity index is 0.000000365. The summed E-state index contributed by atoms with van der Waals surface area (Å²) in [5, 5.41) is 8.55. The summed E-state index contributed by atoms with van der Waals surface area (Å²) in [4.78, 5) is 23.8. The first kappa shape index (κ1) is 54.6. The van der Waals surface area contributed by atoms with E-state index < -0.39 is 30.4 Å². The minimum absolute atomic E-state index is 0.0133. The summed E-state index contributed by atoms with van der Waals surface area (Å²) in [6.07, 6.45) is 0.448. The molecule has 0 aromatic heterocycles. The number of esters is 2. The fourth-order valence-corrected chi connectivity index (χ4v) is 6.54. The van der Waals surface area contributed by atoms with Gasteiger partial charge in [-0.1, -0.05) is 59.7 Å². The smallest absolute Gasteiger partial charge is 0.310 e. The van der Waals surface area contributed by atoms with Crippen LogP contribution >= 0.6 is 10.7 Å². The second-order valence-electron chi connectivity index (χ2n) is 15.8. The predicted octanol–water partition coefficient (Wildman–Crippen LogP) is 7.56. The predicted molar refractivity (Wildman–Crippen MR) is 240 cm³/mol. The third kappa shape index (κ3) is 25.4. The van der Waals surface area contributed by atoms with Crippen LogP contribution in [-0.4, -0.2) is 97.9 Å². The topological polar surface area (TPSA) is 187 Å². The van der Waals surface area contributed by atoms with Crippen LogP contribution in [0.4, 0.5) is 0 Å². The highest BCUT2D eigenvalue weighted by Gasteiger charge is 2.18. The van der Waals surface area contributed by atoms with Gasteiger partial charge < -0.3 is 33.5 Å². The second kappa shape index (κ2) is 26.9. The summed E-state index contributed by atoms with van der Waals surface area (Å²) in [6, 6.07) is 27.3. The number of halogens is 1. The standard InChI is InChI=1S/C23H30O7S.C16H24O5.C7H7ClO2S/c1-18-5-11-21(12-6-18)31(25,26)29-16-14-27-13-15-28-20-9-7-19(8-10-20)17-22(24)30-23(2,3)4;1-16(2,3)21-15(18)12-13-4-6-14(7-5-13)20-11-10-19-9-8-17;1-6-2-4-7(5-3-6)11(8,9)10/h5-12H,13-17H2,1-4H3;4-7,17H,8-12H2,1-3H3;2-5H,1H3. The van der Waals surface area contributed by atoms with Crippen LogP contribution in [0.5, 0.6) is 11.5 Å². The highest BCUT2D eigenvalue weighted by molar-refractivity contribution is 8.13. The monoisotopic (exact) mass is 936 g/mol. The molecular weight excluding hydrogens is 876 g/mol. The van der Waals surface area contributed by atoms with E-state index >= 15 is 0 Å². The summed E-state index contributed by atoms with van der Waals surface area (Å²) < 4.78 is 82.5. The van der Waals surface area contributed by atoms with E-state index in [-0.39, 0.29) is 61.0 Å². The molecule has 0 aliphatic carbocycles. The van der Waals surface area contributed by atoms with Crippen molar-refractivity contribution in [3.05, 3.63) is 119 Å².